The number of amides is 3. The molecule has 0 aliphatic carbocycles. The fourth-order valence-corrected chi connectivity index (χ4v) is 6.87. The minimum atomic E-state index is -1.50. The highest BCUT2D eigenvalue weighted by molar-refractivity contribution is 8.00. The van der Waals surface area contributed by atoms with Gasteiger partial charge >= 0.3 is 0 Å². The number of nitrogens with two attached hydrogens (primary N) is 1. The molecular formula is C24H27N9O8S2. The molecule has 2 atom stereocenters. The number of aromatic nitrogens is 3. The molecule has 0 unspecified atom stereocenters. The summed E-state index contributed by atoms with van der Waals surface area (Å²) in [6.45, 7) is 1.94. The van der Waals surface area contributed by atoms with Crippen LogP contribution in [0, 0.1) is 0 Å². The average Bonchev–Trinajstić information content (AvgIpc) is 3.41. The molecule has 5 rings (SSSR count). The maximum Gasteiger partial charge on any atom is 0.278 e. The zero-order chi connectivity index (χ0) is 31.1. The van der Waals surface area contributed by atoms with Gasteiger partial charge in [0.05, 0.1) is 51.1 Å². The van der Waals surface area contributed by atoms with E-state index in [1.54, 1.807) is 4.90 Å². The number of oxime groups is 1. The van der Waals surface area contributed by atoms with E-state index in [0.29, 0.717) is 42.8 Å². The summed E-state index contributed by atoms with van der Waals surface area (Å²) in [7, 11) is 3.16. The van der Waals surface area contributed by atoms with Crippen molar-refractivity contribution in [3.8, 4) is 11.5 Å². The third kappa shape index (κ3) is 5.77. The average molecular weight is 634 g/mol. The van der Waals surface area contributed by atoms with Gasteiger partial charge in [0.25, 0.3) is 17.7 Å². The normalized spacial score (nSPS) is 21.6. The topological polar surface area (TPSA) is 237 Å². The van der Waals surface area contributed by atoms with E-state index in [2.05, 4.69) is 24.8 Å². The van der Waals surface area contributed by atoms with E-state index in [4.69, 9.17) is 10.6 Å². The van der Waals surface area contributed by atoms with E-state index >= 15 is 0 Å². The summed E-state index contributed by atoms with van der Waals surface area (Å²) in [4.78, 5) is 66.4. The third-order valence-electron chi connectivity index (χ3n) is 7.34. The summed E-state index contributed by atoms with van der Waals surface area (Å²) in [5, 5.41) is 37.1. The number of anilines is 1. The van der Waals surface area contributed by atoms with Gasteiger partial charge in [-0.1, -0.05) is 5.16 Å². The number of carbonyl (C=O) groups excluding carboxylic acids is 4. The Bertz CT molecular complexity index is 1550. The van der Waals surface area contributed by atoms with E-state index in [9.17, 15) is 34.5 Å². The second kappa shape index (κ2) is 11.7. The van der Waals surface area contributed by atoms with Gasteiger partial charge in [-0.05, 0) is 0 Å². The Morgan fingerprint density at radius 1 is 1.28 bits per heavy atom. The number of quaternary nitrogens is 1. The molecule has 2 aromatic rings. The molecule has 0 saturated carbocycles. The van der Waals surface area contributed by atoms with Crippen LogP contribution in [0.15, 0.2) is 28.7 Å². The van der Waals surface area contributed by atoms with Gasteiger partial charge in [0.2, 0.25) is 11.5 Å². The first-order valence-electron chi connectivity index (χ1n) is 12.8. The van der Waals surface area contributed by atoms with Crippen LogP contribution in [-0.4, -0.2) is 132 Å². The highest BCUT2D eigenvalue weighted by Crippen LogP contribution is 2.41. The number of piperazine rings is 1. The molecule has 0 radical (unpaired) electrons. The highest BCUT2D eigenvalue weighted by atomic mass is 32.2. The molecule has 19 heteroatoms. The molecule has 3 aliphatic rings. The lowest BCUT2D eigenvalue weighted by Crippen LogP contribution is -2.72. The summed E-state index contributed by atoms with van der Waals surface area (Å²) in [5.74, 6) is -3.98. The Morgan fingerprint density at radius 3 is 2.60 bits per heavy atom. The number of thioether (sulfide) groups is 1. The van der Waals surface area contributed by atoms with Gasteiger partial charge in [-0.2, -0.15) is 9.36 Å². The Kier molecular flexibility index (Phi) is 8.12. The lowest BCUT2D eigenvalue weighted by atomic mass is 10.0. The van der Waals surface area contributed by atoms with Crippen LogP contribution < -0.4 is 16.2 Å². The number of β-lactam (4-membered cyclic amide) rings is 1. The number of rotatable bonds is 8. The van der Waals surface area contributed by atoms with Gasteiger partial charge in [-0.3, -0.25) is 19.3 Å². The fraction of sp³-hybridized carbons (Fsp3) is 0.417. The number of hydrogen-bond donors (Lipinski definition) is 4. The zero-order valence-electron chi connectivity index (χ0n) is 22.9. The van der Waals surface area contributed by atoms with Gasteiger partial charge in [0, 0.05) is 28.9 Å². The minimum absolute atomic E-state index is 0.00592. The van der Waals surface area contributed by atoms with Gasteiger partial charge in [-0.25, -0.2) is 4.98 Å². The molecule has 43 heavy (non-hydrogen) atoms. The molecule has 5 heterocycles. The van der Waals surface area contributed by atoms with E-state index in [-0.39, 0.29) is 33.8 Å². The first kappa shape index (κ1) is 30.0. The smallest absolute Gasteiger partial charge is 0.278 e. The zero-order valence-corrected chi connectivity index (χ0v) is 24.6. The molecule has 0 bridgehead atoms. The van der Waals surface area contributed by atoms with Gasteiger partial charge in [0.15, 0.2) is 16.6 Å². The molecular weight excluding hydrogens is 606 g/mol. The molecule has 0 spiro atoms. The number of aliphatic carboxylic acids is 1. The maximum atomic E-state index is 13.1. The van der Waals surface area contributed by atoms with Crippen LogP contribution in [-0.2, 0) is 19.2 Å². The maximum absolute atomic E-state index is 13.1. The van der Waals surface area contributed by atoms with Crippen molar-refractivity contribution in [2.24, 2.45) is 5.16 Å². The summed E-state index contributed by atoms with van der Waals surface area (Å²) in [6, 6.07) is 0.0719. The number of aromatic hydroxyl groups is 2. The monoisotopic (exact) mass is 633 g/mol. The number of nitrogens with zero attached hydrogens (tertiary/aromatic N) is 7. The standard InChI is InChI=1S/C24H27N9O8S2/c1-33(5-3-31(4-6-33)20(37)12-7-13(34)14(35)8-26-12)9-11-10-42-22-16(21(38)32(22)17(11)23(39)40)27-19(36)15(29-41-2)18-28-24(25)43-30-18/h7-8,16,22H,3-6,9-10H2,1-2H3,(H5-,25,26,27,28,29,30,34,35,36,37,39,40)/t16-,22+/m1/s1. The lowest BCUT2D eigenvalue weighted by molar-refractivity contribution is -0.908. The van der Waals surface area contributed by atoms with E-state index in [0.717, 1.165) is 28.7 Å². The highest BCUT2D eigenvalue weighted by Gasteiger charge is 2.54. The van der Waals surface area contributed by atoms with Crippen molar-refractivity contribution in [3.05, 3.63) is 35.1 Å². The number of pyridine rings is 1. The van der Waals surface area contributed by atoms with Gasteiger partial charge < -0.3 is 45.4 Å². The van der Waals surface area contributed by atoms with Crippen molar-refractivity contribution >= 4 is 57.8 Å². The van der Waals surface area contributed by atoms with Crippen LogP contribution >= 0.6 is 23.3 Å². The van der Waals surface area contributed by atoms with Crippen molar-refractivity contribution in [1.29, 1.82) is 0 Å². The van der Waals surface area contributed by atoms with Crippen molar-refractivity contribution in [2.75, 3.05) is 58.4 Å². The predicted molar refractivity (Wildman–Crippen MR) is 149 cm³/mol. The molecule has 3 amide bonds. The Balaban J connectivity index is 1.26. The number of carboxylic acid groups (broad SMARTS) is 1. The number of likely N-dealkylation sites (N-methyl/N-ethyl adjacent to an activating group) is 1. The Hall–Kier alpha value is -4.49. The van der Waals surface area contributed by atoms with Crippen LogP contribution in [0.25, 0.3) is 0 Å². The van der Waals surface area contributed by atoms with Gasteiger partial charge in [-0.15, -0.1) is 11.8 Å². The second-order valence-electron chi connectivity index (χ2n) is 10.3. The molecule has 228 valence electrons. The Morgan fingerprint density at radius 2 is 2.00 bits per heavy atom. The molecule has 3 aliphatic heterocycles. The molecule has 2 aromatic heterocycles. The molecule has 0 aromatic carbocycles. The Labute approximate surface area is 252 Å². The van der Waals surface area contributed by atoms with Gasteiger partial charge in [0.1, 0.15) is 30.8 Å². The van der Waals surface area contributed by atoms with Crippen LogP contribution in [0.1, 0.15) is 16.3 Å². The van der Waals surface area contributed by atoms with E-state index in [1.165, 1.54) is 18.9 Å². The van der Waals surface area contributed by atoms with E-state index in [1.807, 2.05) is 7.05 Å². The van der Waals surface area contributed by atoms with Crippen molar-refractivity contribution in [1.82, 2.24) is 29.5 Å². The number of carbonyl (C=O) groups is 4. The number of fused-ring (bicyclic) bond motifs is 1. The quantitative estimate of drug-likeness (QED) is 0.100. The summed E-state index contributed by atoms with van der Waals surface area (Å²) in [6.07, 6.45) is 1.00. The summed E-state index contributed by atoms with van der Waals surface area (Å²) < 4.78 is 4.35. The van der Waals surface area contributed by atoms with Crippen LogP contribution in [0.5, 0.6) is 11.5 Å². The lowest BCUT2D eigenvalue weighted by Gasteiger charge is -2.51. The molecule has 17 nitrogen and oxygen atoms in total. The van der Waals surface area contributed by atoms with E-state index < -0.39 is 46.6 Å². The first-order valence-corrected chi connectivity index (χ1v) is 14.6. The first-order chi connectivity index (χ1) is 20.4. The van der Waals surface area contributed by atoms with Crippen LogP contribution in [0.4, 0.5) is 5.13 Å². The number of nitrogens with one attached hydrogen (secondary N) is 1. The number of hydrogen-bond acceptors (Lipinski definition) is 15. The fourth-order valence-electron chi connectivity index (χ4n) is 5.10. The summed E-state index contributed by atoms with van der Waals surface area (Å²) >= 11 is 2.16. The van der Waals surface area contributed by atoms with Crippen molar-refractivity contribution in [3.63, 3.8) is 0 Å². The second-order valence-corrected chi connectivity index (χ2v) is 12.1. The molecule has 2 fully saturated rings. The molecule has 2 saturated heterocycles. The largest absolute Gasteiger partial charge is 0.543 e. The number of nitrogen functional groups attached to an aromatic ring is 1. The van der Waals surface area contributed by atoms with Crippen LogP contribution in [0.3, 0.4) is 0 Å². The third-order valence-corrected chi connectivity index (χ3v) is 9.22. The van der Waals surface area contributed by atoms with Crippen LogP contribution in [0.2, 0.25) is 0 Å². The molecule has 5 N–H and O–H groups in total. The summed E-state index contributed by atoms with van der Waals surface area (Å²) in [5.41, 5.74) is 5.59. The SMILES string of the molecule is CON=C(C(=O)N[C@@H]1C(=O)N2C(C(=O)[O-])=C(C[N+]3(C)CCN(C(=O)c4cc(O)c(O)cn4)CC3)CS[C@@H]12)c1nsc(N)n1. The van der Waals surface area contributed by atoms with Crippen molar-refractivity contribution in [2.45, 2.75) is 11.4 Å². The van der Waals surface area contributed by atoms with Crippen molar-refractivity contribution < 1.29 is 43.8 Å². The predicted octanol–water partition coefficient (Wildman–Crippen LogP) is -2.72. The number of carboxylic acids is 1. The minimum Gasteiger partial charge on any atom is -0.543 e.